The molecular formula is C21H19N5O2S2. The molecule has 2 aromatic carbocycles. The third kappa shape index (κ3) is 4.69. The highest BCUT2D eigenvalue weighted by Crippen LogP contribution is 2.26. The molecule has 4 aromatic rings. The molecule has 0 saturated heterocycles. The Labute approximate surface area is 181 Å². The Kier molecular flexibility index (Phi) is 6.41. The van der Waals surface area contributed by atoms with Gasteiger partial charge in [0.2, 0.25) is 5.91 Å². The van der Waals surface area contributed by atoms with Crippen LogP contribution in [0.2, 0.25) is 0 Å². The SMILES string of the molecule is C=CCn1c(COc2cccc3ccccc23)nnc1SCC(=O)Nc1nccs1. The highest BCUT2D eigenvalue weighted by molar-refractivity contribution is 7.99. The minimum Gasteiger partial charge on any atom is -0.485 e. The van der Waals surface area contributed by atoms with E-state index in [4.69, 9.17) is 4.74 Å². The summed E-state index contributed by atoms with van der Waals surface area (Å²) in [5.41, 5.74) is 0. The Morgan fingerprint density at radius 3 is 2.93 bits per heavy atom. The number of fused-ring (bicyclic) bond motifs is 1. The van der Waals surface area contributed by atoms with Crippen LogP contribution in [-0.4, -0.2) is 31.4 Å². The van der Waals surface area contributed by atoms with Gasteiger partial charge < -0.3 is 10.1 Å². The first kappa shape index (κ1) is 20.1. The molecule has 0 aliphatic rings. The minimum atomic E-state index is -0.142. The van der Waals surface area contributed by atoms with Gasteiger partial charge in [0.05, 0.1) is 5.75 Å². The largest absolute Gasteiger partial charge is 0.485 e. The minimum absolute atomic E-state index is 0.142. The summed E-state index contributed by atoms with van der Waals surface area (Å²) >= 11 is 2.69. The number of ether oxygens (including phenoxy) is 1. The highest BCUT2D eigenvalue weighted by Gasteiger charge is 2.15. The highest BCUT2D eigenvalue weighted by atomic mass is 32.2. The number of anilines is 1. The van der Waals surface area contributed by atoms with Crippen molar-refractivity contribution in [1.29, 1.82) is 0 Å². The van der Waals surface area contributed by atoms with E-state index in [1.165, 1.54) is 23.1 Å². The lowest BCUT2D eigenvalue weighted by Crippen LogP contribution is -2.14. The molecule has 1 N–H and O–H groups in total. The molecule has 2 aromatic heterocycles. The molecule has 4 rings (SSSR count). The van der Waals surface area contributed by atoms with Gasteiger partial charge in [-0.05, 0) is 11.5 Å². The molecule has 0 fully saturated rings. The fraction of sp³-hybridized carbons (Fsp3) is 0.143. The quantitative estimate of drug-likeness (QED) is 0.309. The maximum atomic E-state index is 12.1. The molecule has 7 nitrogen and oxygen atoms in total. The average molecular weight is 438 g/mol. The second-order valence-electron chi connectivity index (χ2n) is 6.24. The van der Waals surface area contributed by atoms with Crippen molar-refractivity contribution in [2.75, 3.05) is 11.1 Å². The number of nitrogens with zero attached hydrogens (tertiary/aromatic N) is 4. The van der Waals surface area contributed by atoms with Crippen LogP contribution in [0.15, 0.2) is 71.9 Å². The Balaban J connectivity index is 1.44. The molecule has 0 aliphatic carbocycles. The van der Waals surface area contributed by atoms with Crippen molar-refractivity contribution in [3.05, 3.63) is 72.5 Å². The maximum absolute atomic E-state index is 12.1. The summed E-state index contributed by atoms with van der Waals surface area (Å²) in [5.74, 6) is 1.53. The van der Waals surface area contributed by atoms with Gasteiger partial charge >= 0.3 is 0 Å². The van der Waals surface area contributed by atoms with Crippen LogP contribution in [0.1, 0.15) is 5.82 Å². The Bertz CT molecular complexity index is 1150. The number of benzene rings is 2. The van der Waals surface area contributed by atoms with E-state index in [9.17, 15) is 4.79 Å². The van der Waals surface area contributed by atoms with E-state index in [-0.39, 0.29) is 18.3 Å². The number of aromatic nitrogens is 4. The van der Waals surface area contributed by atoms with Crippen LogP contribution in [0.4, 0.5) is 5.13 Å². The van der Waals surface area contributed by atoms with Crippen molar-refractivity contribution in [1.82, 2.24) is 19.7 Å². The summed E-state index contributed by atoms with van der Waals surface area (Å²) in [6, 6.07) is 14.0. The smallest absolute Gasteiger partial charge is 0.236 e. The third-order valence-corrected chi connectivity index (χ3v) is 5.88. The summed E-state index contributed by atoms with van der Waals surface area (Å²) in [4.78, 5) is 16.2. The van der Waals surface area contributed by atoms with Gasteiger partial charge in [-0.1, -0.05) is 54.2 Å². The van der Waals surface area contributed by atoms with Gasteiger partial charge in [-0.3, -0.25) is 9.36 Å². The Morgan fingerprint density at radius 2 is 2.10 bits per heavy atom. The van der Waals surface area contributed by atoms with Crippen LogP contribution in [0.5, 0.6) is 5.75 Å². The van der Waals surface area contributed by atoms with E-state index in [2.05, 4.69) is 27.1 Å². The summed E-state index contributed by atoms with van der Waals surface area (Å²) < 4.78 is 7.95. The van der Waals surface area contributed by atoms with Crippen LogP contribution in [-0.2, 0) is 17.9 Å². The van der Waals surface area contributed by atoms with Gasteiger partial charge in [0.1, 0.15) is 12.4 Å². The standard InChI is InChI=1S/C21H19N5O2S2/c1-2-11-26-18(13-28-17-9-5-7-15-6-3-4-8-16(15)17)24-25-21(26)30-14-19(27)23-20-22-10-12-29-20/h2-10,12H,1,11,13-14H2,(H,22,23,27). The van der Waals surface area contributed by atoms with Gasteiger partial charge in [0.25, 0.3) is 0 Å². The Hall–Kier alpha value is -3.17. The van der Waals surface area contributed by atoms with E-state index in [1.54, 1.807) is 12.3 Å². The monoisotopic (exact) mass is 437 g/mol. The second-order valence-corrected chi connectivity index (χ2v) is 8.08. The lowest BCUT2D eigenvalue weighted by molar-refractivity contribution is -0.113. The number of thiazole rings is 1. The van der Waals surface area contributed by atoms with E-state index < -0.39 is 0 Å². The molecular weight excluding hydrogens is 418 g/mol. The third-order valence-electron chi connectivity index (χ3n) is 4.22. The number of thioether (sulfide) groups is 1. The number of allylic oxidation sites excluding steroid dienone is 1. The van der Waals surface area contributed by atoms with E-state index >= 15 is 0 Å². The van der Waals surface area contributed by atoms with Crippen molar-refractivity contribution in [3.8, 4) is 5.75 Å². The zero-order chi connectivity index (χ0) is 20.8. The first-order chi connectivity index (χ1) is 14.7. The van der Waals surface area contributed by atoms with Gasteiger partial charge in [-0.2, -0.15) is 0 Å². The zero-order valence-corrected chi connectivity index (χ0v) is 17.7. The molecule has 0 aliphatic heterocycles. The topological polar surface area (TPSA) is 81.9 Å². The normalized spacial score (nSPS) is 10.8. The van der Waals surface area contributed by atoms with Gasteiger partial charge in [-0.25, -0.2) is 4.98 Å². The van der Waals surface area contributed by atoms with E-state index in [0.29, 0.717) is 22.7 Å². The molecule has 0 spiro atoms. The zero-order valence-electron chi connectivity index (χ0n) is 16.0. The predicted octanol–water partition coefficient (Wildman–Crippen LogP) is 4.38. The second kappa shape index (κ2) is 9.55. The van der Waals surface area contributed by atoms with Crippen molar-refractivity contribution in [2.24, 2.45) is 0 Å². The molecule has 1 amide bonds. The van der Waals surface area contributed by atoms with Crippen LogP contribution < -0.4 is 10.1 Å². The lowest BCUT2D eigenvalue weighted by atomic mass is 10.1. The number of amides is 1. The summed E-state index contributed by atoms with van der Waals surface area (Å²) in [6.45, 7) is 4.60. The molecule has 0 bridgehead atoms. The van der Waals surface area contributed by atoms with E-state index in [1.807, 2.05) is 52.4 Å². The van der Waals surface area contributed by atoms with Crippen LogP contribution in [0.25, 0.3) is 10.8 Å². The Morgan fingerprint density at radius 1 is 1.23 bits per heavy atom. The van der Waals surface area contributed by atoms with Gasteiger partial charge in [0, 0.05) is 23.5 Å². The van der Waals surface area contributed by atoms with Crippen molar-refractivity contribution in [2.45, 2.75) is 18.3 Å². The summed E-state index contributed by atoms with van der Waals surface area (Å²) in [7, 11) is 0. The number of rotatable bonds is 9. The first-order valence-corrected chi connectivity index (χ1v) is 11.1. The maximum Gasteiger partial charge on any atom is 0.236 e. The molecule has 0 unspecified atom stereocenters. The summed E-state index contributed by atoms with van der Waals surface area (Å²) in [6.07, 6.45) is 3.42. The van der Waals surface area contributed by atoms with Crippen molar-refractivity contribution >= 4 is 44.9 Å². The molecule has 0 saturated carbocycles. The molecule has 9 heteroatoms. The average Bonchev–Trinajstić information content (AvgIpc) is 3.41. The van der Waals surface area contributed by atoms with Crippen LogP contribution in [0, 0.1) is 0 Å². The molecule has 0 atom stereocenters. The van der Waals surface area contributed by atoms with Gasteiger partial charge in [0.15, 0.2) is 16.1 Å². The first-order valence-electron chi connectivity index (χ1n) is 9.20. The van der Waals surface area contributed by atoms with Crippen LogP contribution in [0.3, 0.4) is 0 Å². The number of hydrogen-bond acceptors (Lipinski definition) is 7. The van der Waals surface area contributed by atoms with E-state index in [0.717, 1.165) is 16.5 Å². The lowest BCUT2D eigenvalue weighted by Gasteiger charge is -2.11. The molecule has 0 radical (unpaired) electrons. The fourth-order valence-corrected chi connectivity index (χ4v) is 4.19. The number of hydrogen-bond donors (Lipinski definition) is 1. The molecule has 30 heavy (non-hydrogen) atoms. The molecule has 152 valence electrons. The molecule has 2 heterocycles. The van der Waals surface area contributed by atoms with Crippen LogP contribution >= 0.6 is 23.1 Å². The number of nitrogens with one attached hydrogen (secondary N) is 1. The van der Waals surface area contributed by atoms with Gasteiger partial charge in [-0.15, -0.1) is 28.1 Å². The number of carbonyl (C=O) groups is 1. The fourth-order valence-electron chi connectivity index (χ4n) is 2.88. The predicted molar refractivity (Wildman–Crippen MR) is 120 cm³/mol. The van der Waals surface area contributed by atoms with Crippen molar-refractivity contribution in [3.63, 3.8) is 0 Å². The number of carbonyl (C=O) groups excluding carboxylic acids is 1. The van der Waals surface area contributed by atoms with Crippen molar-refractivity contribution < 1.29 is 9.53 Å². The summed E-state index contributed by atoms with van der Waals surface area (Å²) in [5, 5.41) is 16.4.